The molecule has 1 heterocycles. The molecule has 0 bridgehead atoms. The molecule has 3 aromatic carbocycles. The number of fused-ring (bicyclic) bond motifs is 1. The number of piperazine rings is 1. The van der Waals surface area contributed by atoms with E-state index in [0.29, 0.717) is 42.1 Å². The Morgan fingerprint density at radius 2 is 1.46 bits per heavy atom. The summed E-state index contributed by atoms with van der Waals surface area (Å²) in [5.74, 6) is 0.627. The number of nitrogens with zero attached hydrogens (tertiary/aromatic N) is 2. The molecule has 1 aliphatic rings. The van der Waals surface area contributed by atoms with Gasteiger partial charge in [0.25, 0.3) is 5.91 Å². The highest BCUT2D eigenvalue weighted by Crippen LogP contribution is 2.38. The van der Waals surface area contributed by atoms with Gasteiger partial charge in [0.05, 0.1) is 4.90 Å². The summed E-state index contributed by atoms with van der Waals surface area (Å²) < 4.78 is 28.1. The van der Waals surface area contributed by atoms with Crippen LogP contribution >= 0.6 is 11.6 Å². The highest BCUT2D eigenvalue weighted by atomic mass is 35.5. The third kappa shape index (κ3) is 5.15. The number of amides is 1. The number of carbonyl (C=O) groups is 1. The van der Waals surface area contributed by atoms with Gasteiger partial charge in [-0.25, -0.2) is 8.42 Å². The lowest BCUT2D eigenvalue weighted by atomic mass is 9.64. The zero-order valence-corrected chi connectivity index (χ0v) is 23.5. The number of hydrogen-bond acceptors (Lipinski definition) is 4. The fourth-order valence-corrected chi connectivity index (χ4v) is 7.30. The SMILES string of the molecule is CC(C)C(CN)(c1ccc(C(=O)N2CCN(S(=O)(=O)c3ccc4cc(Cl)ccc4c3)CC2)cc1)C(C)C. The van der Waals surface area contributed by atoms with E-state index in [1.54, 1.807) is 29.2 Å². The van der Waals surface area contributed by atoms with Gasteiger partial charge in [-0.15, -0.1) is 0 Å². The fourth-order valence-electron chi connectivity index (χ4n) is 5.66. The van der Waals surface area contributed by atoms with Gasteiger partial charge >= 0.3 is 0 Å². The van der Waals surface area contributed by atoms with Crippen molar-refractivity contribution in [1.29, 1.82) is 0 Å². The number of nitrogens with two attached hydrogens (primary N) is 1. The van der Waals surface area contributed by atoms with Crippen LogP contribution in [-0.4, -0.2) is 56.3 Å². The molecule has 0 aromatic heterocycles. The molecule has 0 unspecified atom stereocenters. The van der Waals surface area contributed by atoms with E-state index in [9.17, 15) is 13.2 Å². The highest BCUT2D eigenvalue weighted by molar-refractivity contribution is 7.89. The Labute approximate surface area is 225 Å². The number of rotatable bonds is 7. The zero-order valence-electron chi connectivity index (χ0n) is 21.9. The molecule has 37 heavy (non-hydrogen) atoms. The van der Waals surface area contributed by atoms with Gasteiger partial charge in [0, 0.05) is 48.7 Å². The van der Waals surface area contributed by atoms with Crippen LogP contribution in [0.15, 0.2) is 65.6 Å². The van der Waals surface area contributed by atoms with Crippen molar-refractivity contribution in [3.63, 3.8) is 0 Å². The van der Waals surface area contributed by atoms with E-state index in [2.05, 4.69) is 27.7 Å². The zero-order chi connectivity index (χ0) is 27.0. The average Bonchev–Trinajstić information content (AvgIpc) is 2.88. The summed E-state index contributed by atoms with van der Waals surface area (Å²) in [4.78, 5) is 15.2. The summed E-state index contributed by atoms with van der Waals surface area (Å²) in [7, 11) is -3.67. The molecule has 1 saturated heterocycles. The van der Waals surface area contributed by atoms with Gasteiger partial charge in [-0.05, 0) is 64.6 Å². The van der Waals surface area contributed by atoms with E-state index in [1.165, 1.54) is 4.31 Å². The van der Waals surface area contributed by atoms with E-state index in [4.69, 9.17) is 17.3 Å². The third-order valence-electron chi connectivity index (χ3n) is 8.00. The van der Waals surface area contributed by atoms with Crippen molar-refractivity contribution in [3.8, 4) is 0 Å². The summed E-state index contributed by atoms with van der Waals surface area (Å²) in [6.45, 7) is 10.5. The molecule has 6 nitrogen and oxygen atoms in total. The second kappa shape index (κ2) is 10.7. The number of benzene rings is 3. The number of hydrogen-bond donors (Lipinski definition) is 1. The molecule has 1 aliphatic heterocycles. The summed E-state index contributed by atoms with van der Waals surface area (Å²) >= 11 is 6.05. The smallest absolute Gasteiger partial charge is 0.253 e. The Morgan fingerprint density at radius 3 is 2.03 bits per heavy atom. The summed E-state index contributed by atoms with van der Waals surface area (Å²) in [5, 5.41) is 2.31. The number of sulfonamides is 1. The van der Waals surface area contributed by atoms with Crippen molar-refractivity contribution < 1.29 is 13.2 Å². The molecule has 8 heteroatoms. The fraction of sp³-hybridized carbons (Fsp3) is 0.414. The summed E-state index contributed by atoms with van der Waals surface area (Å²) in [6.07, 6.45) is 0. The van der Waals surface area contributed by atoms with Crippen LogP contribution in [0, 0.1) is 11.8 Å². The predicted molar refractivity (Wildman–Crippen MR) is 150 cm³/mol. The van der Waals surface area contributed by atoms with E-state index in [0.717, 1.165) is 16.3 Å². The molecule has 1 amide bonds. The third-order valence-corrected chi connectivity index (χ3v) is 10.1. The minimum Gasteiger partial charge on any atom is -0.336 e. The Balaban J connectivity index is 1.46. The lowest BCUT2D eigenvalue weighted by Gasteiger charge is -2.41. The van der Waals surface area contributed by atoms with E-state index in [-0.39, 0.29) is 29.3 Å². The lowest BCUT2D eigenvalue weighted by molar-refractivity contribution is 0.0698. The minimum absolute atomic E-state index is 0.0846. The van der Waals surface area contributed by atoms with Gasteiger partial charge < -0.3 is 10.6 Å². The van der Waals surface area contributed by atoms with Crippen LogP contribution in [0.2, 0.25) is 5.02 Å². The van der Waals surface area contributed by atoms with Crippen molar-refractivity contribution in [2.45, 2.75) is 38.0 Å². The molecule has 3 aromatic rings. The molecular weight excluding hydrogens is 506 g/mol. The van der Waals surface area contributed by atoms with Crippen LogP contribution in [0.4, 0.5) is 0 Å². The second-order valence-corrected chi connectivity index (χ2v) is 12.9. The average molecular weight is 542 g/mol. The quantitative estimate of drug-likeness (QED) is 0.448. The van der Waals surface area contributed by atoms with E-state index >= 15 is 0 Å². The molecule has 0 atom stereocenters. The number of carbonyl (C=O) groups excluding carboxylic acids is 1. The Kier molecular flexibility index (Phi) is 8.00. The van der Waals surface area contributed by atoms with Crippen LogP contribution in [-0.2, 0) is 15.4 Å². The monoisotopic (exact) mass is 541 g/mol. The molecule has 0 aliphatic carbocycles. The number of halogens is 1. The maximum absolute atomic E-state index is 13.3. The van der Waals surface area contributed by atoms with Gasteiger partial charge in [0.1, 0.15) is 0 Å². The largest absolute Gasteiger partial charge is 0.336 e. The molecule has 4 rings (SSSR count). The first-order chi connectivity index (χ1) is 17.5. The minimum atomic E-state index is -3.67. The Morgan fingerprint density at radius 1 is 0.892 bits per heavy atom. The van der Waals surface area contributed by atoms with Gasteiger partial charge in [-0.3, -0.25) is 4.79 Å². The normalized spacial score (nSPS) is 15.6. The van der Waals surface area contributed by atoms with Gasteiger partial charge in [-0.2, -0.15) is 4.31 Å². The Bertz CT molecular complexity index is 1370. The maximum atomic E-state index is 13.3. The van der Waals surface area contributed by atoms with Crippen molar-refractivity contribution >= 4 is 38.3 Å². The molecule has 198 valence electrons. The lowest BCUT2D eigenvalue weighted by Crippen LogP contribution is -2.50. The van der Waals surface area contributed by atoms with Crippen molar-refractivity contribution in [3.05, 3.63) is 76.8 Å². The highest BCUT2D eigenvalue weighted by Gasteiger charge is 2.38. The molecule has 1 fully saturated rings. The molecule has 0 radical (unpaired) electrons. The van der Waals surface area contributed by atoms with Gasteiger partial charge in [-0.1, -0.05) is 63.6 Å². The van der Waals surface area contributed by atoms with Crippen LogP contribution < -0.4 is 5.73 Å². The van der Waals surface area contributed by atoms with Crippen molar-refractivity contribution in [2.75, 3.05) is 32.7 Å². The molecule has 0 spiro atoms. The second-order valence-electron chi connectivity index (χ2n) is 10.5. The van der Waals surface area contributed by atoms with E-state index in [1.807, 2.05) is 36.4 Å². The molecule has 2 N–H and O–H groups in total. The summed E-state index contributed by atoms with van der Waals surface area (Å²) in [6, 6.07) is 18.2. The van der Waals surface area contributed by atoms with Gasteiger partial charge in [0.2, 0.25) is 10.0 Å². The van der Waals surface area contributed by atoms with Crippen LogP contribution in [0.1, 0.15) is 43.6 Å². The predicted octanol–water partition coefficient (Wildman–Crippen LogP) is 5.15. The first-order valence-corrected chi connectivity index (χ1v) is 14.6. The first-order valence-electron chi connectivity index (χ1n) is 12.8. The Hall–Kier alpha value is -2.45. The summed E-state index contributed by atoms with van der Waals surface area (Å²) in [5.41, 5.74) is 7.84. The van der Waals surface area contributed by atoms with Crippen LogP contribution in [0.25, 0.3) is 10.8 Å². The first kappa shape index (κ1) is 27.6. The standard InChI is InChI=1S/C29H36ClN3O3S/c1-20(2)29(19-31,21(3)4)25-9-5-22(6-10-25)28(34)32-13-15-33(16-14-32)37(35,36)27-12-8-23-17-26(30)11-7-24(23)18-27/h5-12,17-18,20-21H,13-16,19,31H2,1-4H3. The van der Waals surface area contributed by atoms with Crippen LogP contribution in [0.3, 0.4) is 0 Å². The maximum Gasteiger partial charge on any atom is 0.253 e. The topological polar surface area (TPSA) is 83.7 Å². The van der Waals surface area contributed by atoms with E-state index < -0.39 is 10.0 Å². The van der Waals surface area contributed by atoms with Gasteiger partial charge in [0.15, 0.2) is 0 Å². The van der Waals surface area contributed by atoms with Crippen molar-refractivity contribution in [1.82, 2.24) is 9.21 Å². The molecular formula is C29H36ClN3O3S. The van der Waals surface area contributed by atoms with Crippen LogP contribution in [0.5, 0.6) is 0 Å². The molecule has 0 saturated carbocycles. The van der Waals surface area contributed by atoms with Crippen molar-refractivity contribution in [2.24, 2.45) is 17.6 Å².